The van der Waals surface area contributed by atoms with Crippen molar-refractivity contribution in [3.05, 3.63) is 35.4 Å². The fourth-order valence-electron chi connectivity index (χ4n) is 1.39. The van der Waals surface area contributed by atoms with Gasteiger partial charge in [-0.15, -0.1) is 0 Å². The van der Waals surface area contributed by atoms with Crippen LogP contribution in [0.1, 0.15) is 25.0 Å². The zero-order valence-corrected chi connectivity index (χ0v) is 9.23. The first-order chi connectivity index (χ1) is 7.66. The molecule has 4 nitrogen and oxygen atoms in total. The normalized spacial score (nSPS) is 13.1. The first kappa shape index (κ1) is 12.1. The molecule has 0 saturated carbocycles. The average Bonchev–Trinajstić information content (AvgIpc) is 2.30. The molecule has 16 heavy (non-hydrogen) atoms. The predicted octanol–water partition coefficient (Wildman–Crippen LogP) is 2.09. The van der Waals surface area contributed by atoms with Crippen LogP contribution in [0.3, 0.4) is 0 Å². The number of aryl methyl sites for hydroxylation is 1. The Labute approximate surface area is 93.7 Å². The summed E-state index contributed by atoms with van der Waals surface area (Å²) in [5.74, 6) is 0. The van der Waals surface area contributed by atoms with Crippen molar-refractivity contribution < 1.29 is 9.59 Å². The maximum absolute atomic E-state index is 10.3. The SMILES string of the molecule is CCc1ccc(C(C)(N=C=O)N=C=O)cc1. The summed E-state index contributed by atoms with van der Waals surface area (Å²) in [6, 6.07) is 7.41. The molecule has 82 valence electrons. The van der Waals surface area contributed by atoms with Crippen LogP contribution in [0.25, 0.3) is 0 Å². The molecule has 0 atom stereocenters. The highest BCUT2D eigenvalue weighted by atomic mass is 16.1. The topological polar surface area (TPSA) is 58.9 Å². The highest BCUT2D eigenvalue weighted by Gasteiger charge is 2.24. The lowest BCUT2D eigenvalue weighted by molar-refractivity contribution is 0.492. The lowest BCUT2D eigenvalue weighted by atomic mass is 10.0. The van der Waals surface area contributed by atoms with Gasteiger partial charge in [-0.05, 0) is 18.9 Å². The van der Waals surface area contributed by atoms with Crippen LogP contribution in [0.4, 0.5) is 0 Å². The number of aliphatic imine (C=N–C) groups is 2. The van der Waals surface area contributed by atoms with E-state index in [-0.39, 0.29) is 0 Å². The largest absolute Gasteiger partial charge is 0.237 e. The molecule has 0 aliphatic rings. The van der Waals surface area contributed by atoms with E-state index in [0.717, 1.165) is 12.0 Å². The van der Waals surface area contributed by atoms with E-state index in [4.69, 9.17) is 0 Å². The smallest absolute Gasteiger partial charge is 0.211 e. The minimum absolute atomic E-state index is 0.663. The van der Waals surface area contributed by atoms with Gasteiger partial charge in [-0.3, -0.25) is 0 Å². The molecule has 0 radical (unpaired) electrons. The number of nitrogens with zero attached hydrogens (tertiary/aromatic N) is 2. The Morgan fingerprint density at radius 2 is 1.62 bits per heavy atom. The molecule has 0 saturated heterocycles. The van der Waals surface area contributed by atoms with Crippen LogP contribution in [0, 0.1) is 0 Å². The molecule has 0 aliphatic heterocycles. The number of rotatable bonds is 4. The molecule has 0 fully saturated rings. The third-order valence-corrected chi connectivity index (χ3v) is 2.44. The molecule has 1 aromatic rings. The maximum atomic E-state index is 10.3. The number of hydrogen-bond acceptors (Lipinski definition) is 4. The Bertz CT molecular complexity index is 434. The zero-order valence-electron chi connectivity index (χ0n) is 9.23. The van der Waals surface area contributed by atoms with Crippen LogP contribution < -0.4 is 0 Å². The van der Waals surface area contributed by atoms with Crippen LogP contribution >= 0.6 is 0 Å². The van der Waals surface area contributed by atoms with Gasteiger partial charge in [0.15, 0.2) is 5.66 Å². The third kappa shape index (κ3) is 2.51. The molecule has 0 aromatic heterocycles. The van der Waals surface area contributed by atoms with Crippen molar-refractivity contribution in [2.45, 2.75) is 25.9 Å². The fraction of sp³-hybridized carbons (Fsp3) is 0.333. The lowest BCUT2D eigenvalue weighted by Gasteiger charge is -2.16. The van der Waals surface area contributed by atoms with Crippen molar-refractivity contribution in [2.24, 2.45) is 9.98 Å². The predicted molar refractivity (Wildman–Crippen MR) is 59.4 cm³/mol. The van der Waals surface area contributed by atoms with Crippen LogP contribution in [0.2, 0.25) is 0 Å². The summed E-state index contributed by atoms with van der Waals surface area (Å²) < 4.78 is 0. The van der Waals surface area contributed by atoms with Gasteiger partial charge >= 0.3 is 0 Å². The molecule has 1 aromatic carbocycles. The van der Waals surface area contributed by atoms with Crippen molar-refractivity contribution in [1.29, 1.82) is 0 Å². The highest BCUT2D eigenvalue weighted by Crippen LogP contribution is 2.26. The van der Waals surface area contributed by atoms with Crippen LogP contribution in [-0.4, -0.2) is 12.2 Å². The molecular formula is C12H12N2O2. The Balaban J connectivity index is 3.21. The van der Waals surface area contributed by atoms with Crippen molar-refractivity contribution in [2.75, 3.05) is 0 Å². The summed E-state index contributed by atoms with van der Waals surface area (Å²) in [6.45, 7) is 3.60. The molecule has 0 N–H and O–H groups in total. The van der Waals surface area contributed by atoms with Gasteiger partial charge in [0, 0.05) is 5.56 Å². The second-order valence-corrected chi connectivity index (χ2v) is 3.48. The average molecular weight is 216 g/mol. The van der Waals surface area contributed by atoms with Crippen LogP contribution in [0.5, 0.6) is 0 Å². The van der Waals surface area contributed by atoms with Crippen molar-refractivity contribution in [3.8, 4) is 0 Å². The fourth-order valence-corrected chi connectivity index (χ4v) is 1.39. The molecule has 0 heterocycles. The Kier molecular flexibility index (Phi) is 3.90. The van der Waals surface area contributed by atoms with Crippen molar-refractivity contribution >= 4 is 12.2 Å². The molecule has 1 rings (SSSR count). The van der Waals surface area contributed by atoms with Gasteiger partial charge in [0.25, 0.3) is 0 Å². The number of carbonyl (C=O) groups excluding carboxylic acids is 2. The second-order valence-electron chi connectivity index (χ2n) is 3.48. The minimum atomic E-state index is -1.21. The molecule has 0 spiro atoms. The van der Waals surface area contributed by atoms with Crippen LogP contribution in [0.15, 0.2) is 34.3 Å². The van der Waals surface area contributed by atoms with E-state index in [1.54, 1.807) is 19.1 Å². The summed E-state index contributed by atoms with van der Waals surface area (Å²) in [6.07, 6.45) is 3.77. The zero-order chi connectivity index (χ0) is 12.0. The van der Waals surface area contributed by atoms with Crippen LogP contribution in [-0.2, 0) is 21.7 Å². The summed E-state index contributed by atoms with van der Waals surface area (Å²) >= 11 is 0. The first-order valence-corrected chi connectivity index (χ1v) is 4.93. The summed E-state index contributed by atoms with van der Waals surface area (Å²) in [4.78, 5) is 27.7. The van der Waals surface area contributed by atoms with Gasteiger partial charge < -0.3 is 0 Å². The maximum Gasteiger partial charge on any atom is 0.237 e. The molecular weight excluding hydrogens is 204 g/mol. The molecule has 0 bridgehead atoms. The summed E-state index contributed by atoms with van der Waals surface area (Å²) in [5, 5.41) is 0. The van der Waals surface area contributed by atoms with E-state index in [1.807, 2.05) is 19.1 Å². The van der Waals surface area contributed by atoms with Gasteiger partial charge in [0.05, 0.1) is 0 Å². The lowest BCUT2D eigenvalue weighted by Crippen LogP contribution is -2.15. The van der Waals surface area contributed by atoms with Gasteiger partial charge in [0.2, 0.25) is 12.2 Å². The summed E-state index contributed by atoms with van der Waals surface area (Å²) in [5.41, 5.74) is 0.614. The van der Waals surface area contributed by atoms with Gasteiger partial charge in [0.1, 0.15) is 0 Å². The Hall–Kier alpha value is -2.02. The number of hydrogen-bond donors (Lipinski definition) is 0. The van der Waals surface area contributed by atoms with Gasteiger partial charge in [-0.1, -0.05) is 31.2 Å². The second kappa shape index (κ2) is 5.17. The monoisotopic (exact) mass is 216 g/mol. The highest BCUT2D eigenvalue weighted by molar-refractivity contribution is 5.42. The van der Waals surface area contributed by atoms with Crippen molar-refractivity contribution in [1.82, 2.24) is 0 Å². The molecule has 0 amide bonds. The quantitative estimate of drug-likeness (QED) is 0.571. The molecule has 4 heteroatoms. The molecule has 0 unspecified atom stereocenters. The third-order valence-electron chi connectivity index (χ3n) is 2.44. The van der Waals surface area contributed by atoms with Gasteiger partial charge in [-0.2, -0.15) is 9.98 Å². The summed E-state index contributed by atoms with van der Waals surface area (Å²) in [7, 11) is 0. The number of benzene rings is 1. The standard InChI is InChI=1S/C12H12N2O2/c1-3-10-4-6-11(7-5-10)12(2,13-8-15)14-9-16/h4-7H,3H2,1-2H3. The molecule has 0 aliphatic carbocycles. The van der Waals surface area contributed by atoms with Gasteiger partial charge in [-0.25, -0.2) is 9.59 Å². The minimum Gasteiger partial charge on any atom is -0.211 e. The van der Waals surface area contributed by atoms with E-state index in [2.05, 4.69) is 9.98 Å². The van der Waals surface area contributed by atoms with E-state index in [9.17, 15) is 9.59 Å². The Morgan fingerprint density at radius 3 is 2.00 bits per heavy atom. The van der Waals surface area contributed by atoms with E-state index < -0.39 is 5.66 Å². The van der Waals surface area contributed by atoms with E-state index in [0.29, 0.717) is 5.56 Å². The Morgan fingerprint density at radius 1 is 1.12 bits per heavy atom. The van der Waals surface area contributed by atoms with E-state index >= 15 is 0 Å². The number of isocyanates is 2. The first-order valence-electron chi connectivity index (χ1n) is 4.93. The van der Waals surface area contributed by atoms with Crippen molar-refractivity contribution in [3.63, 3.8) is 0 Å². The van der Waals surface area contributed by atoms with E-state index in [1.165, 1.54) is 12.2 Å².